The minimum absolute atomic E-state index is 0.0764. The van der Waals surface area contributed by atoms with Crippen LogP contribution in [0.4, 0.5) is 0 Å². The maximum atomic E-state index is 13.1. The van der Waals surface area contributed by atoms with Crippen molar-refractivity contribution in [3.05, 3.63) is 42.0 Å². The maximum Gasteiger partial charge on any atom is 0.375 e. The van der Waals surface area contributed by atoms with Crippen LogP contribution >= 0.6 is 0 Å². The zero-order valence-electron chi connectivity index (χ0n) is 20.3. The largest absolute Gasteiger partial charge is 0.560 e. The van der Waals surface area contributed by atoms with E-state index in [9.17, 15) is 14.4 Å². The van der Waals surface area contributed by atoms with Crippen LogP contribution in [0.3, 0.4) is 0 Å². The molecule has 0 aromatic heterocycles. The Hall–Kier alpha value is -3.34. The lowest BCUT2D eigenvalue weighted by atomic mass is 10.0. The van der Waals surface area contributed by atoms with Gasteiger partial charge in [0, 0.05) is 6.42 Å². The van der Waals surface area contributed by atoms with Crippen molar-refractivity contribution in [1.82, 2.24) is 10.6 Å². The normalized spacial score (nSPS) is 22.5. The summed E-state index contributed by atoms with van der Waals surface area (Å²) in [7, 11) is 6.28. The summed E-state index contributed by atoms with van der Waals surface area (Å²) in [5.41, 5.74) is 0.823. The van der Waals surface area contributed by atoms with Gasteiger partial charge in [0.15, 0.2) is 12.4 Å². The van der Waals surface area contributed by atoms with Crippen molar-refractivity contribution in [2.24, 2.45) is 10.9 Å². The molecule has 2 heterocycles. The third kappa shape index (κ3) is 9.82. The summed E-state index contributed by atoms with van der Waals surface area (Å²) in [5.74, 6) is -0.949. The molecule has 3 rings (SSSR count). The van der Waals surface area contributed by atoms with E-state index in [-0.39, 0.29) is 25.6 Å². The first-order chi connectivity index (χ1) is 16.8. The average Bonchev–Trinajstić information content (AvgIpc) is 2.84. The Kier molecular flexibility index (Phi) is 11.8. The van der Waals surface area contributed by atoms with Crippen molar-refractivity contribution in [3.63, 3.8) is 0 Å². The predicted octanol–water partition coefficient (Wildman–Crippen LogP) is 0.880. The van der Waals surface area contributed by atoms with E-state index in [1.54, 1.807) is 24.3 Å². The molecule has 0 saturated heterocycles. The van der Waals surface area contributed by atoms with Gasteiger partial charge in [0.25, 0.3) is 0 Å². The highest BCUT2D eigenvalue weighted by Gasteiger charge is 2.30. The van der Waals surface area contributed by atoms with Crippen molar-refractivity contribution < 1.29 is 33.2 Å². The summed E-state index contributed by atoms with van der Waals surface area (Å²) in [6.07, 6.45) is 5.09. The fraction of sp³-hybridized carbons (Fsp3) is 0.500. The number of aliphatic imine (C=N–C) groups is 1. The second-order valence-corrected chi connectivity index (χ2v) is 8.35. The van der Waals surface area contributed by atoms with Gasteiger partial charge in [-0.25, -0.2) is 9.79 Å². The maximum absolute atomic E-state index is 13.1. The van der Waals surface area contributed by atoms with Crippen LogP contribution in [0.25, 0.3) is 0 Å². The van der Waals surface area contributed by atoms with E-state index in [0.717, 1.165) is 12.0 Å². The molecule has 0 unspecified atom stereocenters. The van der Waals surface area contributed by atoms with Crippen LogP contribution in [0.5, 0.6) is 5.75 Å². The van der Waals surface area contributed by atoms with Crippen molar-refractivity contribution in [2.45, 2.75) is 44.8 Å². The van der Waals surface area contributed by atoms with Crippen molar-refractivity contribution in [3.8, 4) is 5.75 Å². The Morgan fingerprint density at radius 1 is 1.17 bits per heavy atom. The predicted molar refractivity (Wildman–Crippen MR) is 130 cm³/mol. The minimum Gasteiger partial charge on any atom is -0.560 e. The van der Waals surface area contributed by atoms with Gasteiger partial charge in [0.1, 0.15) is 24.4 Å². The molecule has 188 valence electrons. The molecule has 2 N–H and O–H groups in total. The zero-order valence-corrected chi connectivity index (χ0v) is 20.3. The van der Waals surface area contributed by atoms with Crippen molar-refractivity contribution >= 4 is 32.2 Å². The Morgan fingerprint density at radius 2 is 1.89 bits per heavy atom. The Bertz CT molecular complexity index is 890. The lowest BCUT2D eigenvalue weighted by Crippen LogP contribution is -2.55. The topological polar surface area (TPSA) is 125 Å². The number of rotatable bonds is 5. The number of esters is 1. The Morgan fingerprint density at radius 3 is 2.54 bits per heavy atom. The summed E-state index contributed by atoms with van der Waals surface area (Å²) < 4.78 is 20.4. The monoisotopic (exact) mass is 485 g/mol. The van der Waals surface area contributed by atoms with Crippen molar-refractivity contribution in [1.29, 1.82) is 0 Å². The van der Waals surface area contributed by atoms with Crippen LogP contribution in [0.1, 0.15) is 25.8 Å². The molecule has 0 fully saturated rings. The molecular weight excluding hydrogens is 453 g/mol. The third-order valence-electron chi connectivity index (χ3n) is 5.11. The zero-order chi connectivity index (χ0) is 25.6. The molecule has 2 amide bonds. The first-order valence-corrected chi connectivity index (χ1v) is 11.3. The number of fused-ring (bicyclic) bond motifs is 15. The number of methoxy groups -OCH3 is 1. The van der Waals surface area contributed by atoms with Gasteiger partial charge in [-0.1, -0.05) is 32.1 Å². The molecule has 2 aliphatic heterocycles. The smallest absolute Gasteiger partial charge is 0.375 e. The third-order valence-corrected chi connectivity index (χ3v) is 5.11. The molecule has 1 aromatic rings. The van der Waals surface area contributed by atoms with E-state index in [1.165, 1.54) is 7.11 Å². The Labute approximate surface area is 206 Å². The number of benzene rings is 1. The van der Waals surface area contributed by atoms with Crippen LogP contribution in [-0.4, -0.2) is 77.3 Å². The summed E-state index contributed by atoms with van der Waals surface area (Å²) in [6.45, 7) is 4.26. The average molecular weight is 485 g/mol. The fourth-order valence-corrected chi connectivity index (χ4v) is 3.36. The van der Waals surface area contributed by atoms with Crippen LogP contribution < -0.4 is 15.4 Å². The van der Waals surface area contributed by atoms with Gasteiger partial charge < -0.3 is 29.5 Å². The van der Waals surface area contributed by atoms with Crippen LogP contribution in [0.2, 0.25) is 0 Å². The number of hydrogen-bond acceptors (Lipinski definition) is 8. The molecule has 0 aliphatic carbocycles. The molecular formula is C24H32BN3O7. The number of nitrogens with zero attached hydrogens (tertiary/aromatic N) is 1. The van der Waals surface area contributed by atoms with Gasteiger partial charge in [0.2, 0.25) is 11.8 Å². The highest BCUT2D eigenvalue weighted by atomic mass is 16.5. The molecule has 0 spiro atoms. The van der Waals surface area contributed by atoms with Crippen LogP contribution in [-0.2, 0) is 34.9 Å². The van der Waals surface area contributed by atoms with Crippen molar-refractivity contribution in [2.75, 3.05) is 26.9 Å². The molecule has 2 aliphatic rings. The van der Waals surface area contributed by atoms with E-state index in [4.69, 9.17) is 22.3 Å². The fourth-order valence-electron chi connectivity index (χ4n) is 3.36. The molecule has 2 radical (unpaired) electrons. The molecule has 0 saturated carbocycles. The van der Waals surface area contributed by atoms with E-state index in [1.807, 2.05) is 26.0 Å². The standard InChI is InChI=1S/C24H32BN3O7/c1-16(2)12-20-23(30)28-21(24(31)32-3)14-33-10-4-5-11-34-18-8-6-17(7-9-18)13-19(22(29)27-20)26-15-35-25/h4-9,15-16,19-21H,10-14H2,1-3H3,(H,27,29)(H,28,30)/t19-,20-,21-/m0/s1. The number of ether oxygens (including phenoxy) is 3. The summed E-state index contributed by atoms with van der Waals surface area (Å²) in [5, 5.41) is 5.38. The molecule has 1 aromatic carbocycles. The summed E-state index contributed by atoms with van der Waals surface area (Å²) >= 11 is 0. The second-order valence-electron chi connectivity index (χ2n) is 8.35. The number of hydrogen-bond donors (Lipinski definition) is 2. The summed E-state index contributed by atoms with van der Waals surface area (Å²) in [6, 6.07) is 4.38. The molecule has 11 heteroatoms. The SMILES string of the molecule is [B]OC=N[C@H]1Cc2ccc(cc2)OCC=CCOC[C@@H](C(=O)OC)NC(=O)[C@H](CC(C)C)NC1=O. The first kappa shape index (κ1) is 27.9. The van der Waals surface area contributed by atoms with Gasteiger partial charge in [-0.2, -0.15) is 0 Å². The second kappa shape index (κ2) is 14.8. The van der Waals surface area contributed by atoms with Crippen LogP contribution in [0.15, 0.2) is 41.4 Å². The number of carbonyl (C=O) groups excluding carboxylic acids is 3. The van der Waals surface area contributed by atoms with Crippen LogP contribution in [0, 0.1) is 5.92 Å². The molecule has 3 atom stereocenters. The van der Waals surface area contributed by atoms with E-state index in [2.05, 4.69) is 20.3 Å². The van der Waals surface area contributed by atoms with E-state index >= 15 is 0 Å². The lowest BCUT2D eigenvalue weighted by Gasteiger charge is -2.24. The van der Waals surface area contributed by atoms with E-state index < -0.39 is 35.9 Å². The molecule has 2 bridgehead atoms. The van der Waals surface area contributed by atoms with Gasteiger partial charge in [0.05, 0.1) is 20.3 Å². The first-order valence-electron chi connectivity index (χ1n) is 11.3. The molecule has 10 nitrogen and oxygen atoms in total. The van der Waals surface area contributed by atoms with Gasteiger partial charge in [-0.05, 0) is 36.1 Å². The lowest BCUT2D eigenvalue weighted by molar-refractivity contribution is -0.147. The number of carbonyl (C=O) groups is 3. The van der Waals surface area contributed by atoms with Gasteiger partial charge in [-0.3, -0.25) is 9.59 Å². The number of amides is 2. The quantitative estimate of drug-likeness (QED) is 0.158. The highest BCUT2D eigenvalue weighted by Crippen LogP contribution is 2.15. The minimum atomic E-state index is -1.04. The van der Waals surface area contributed by atoms with Gasteiger partial charge in [-0.15, -0.1) is 0 Å². The highest BCUT2D eigenvalue weighted by molar-refractivity contribution is 6.02. The van der Waals surface area contributed by atoms with E-state index in [0.29, 0.717) is 18.8 Å². The number of nitrogens with one attached hydrogen (secondary N) is 2. The molecule has 35 heavy (non-hydrogen) atoms. The van der Waals surface area contributed by atoms with Gasteiger partial charge >= 0.3 is 14.0 Å². The summed E-state index contributed by atoms with van der Waals surface area (Å²) in [4.78, 5) is 42.5. The Balaban J connectivity index is 2.33.